The van der Waals surface area contributed by atoms with Crippen molar-refractivity contribution in [1.29, 1.82) is 0 Å². The van der Waals surface area contributed by atoms with Gasteiger partial charge in [0.1, 0.15) is 6.04 Å². The Balaban J connectivity index is 1.26. The quantitative estimate of drug-likeness (QED) is 0.540. The summed E-state index contributed by atoms with van der Waals surface area (Å²) in [5.74, 6) is 1.88. The first-order valence-electron chi connectivity index (χ1n) is 10.6. The summed E-state index contributed by atoms with van der Waals surface area (Å²) in [6.45, 7) is 0.662. The molecule has 0 aliphatic heterocycles. The molecule has 1 aliphatic carbocycles. The third-order valence-electron chi connectivity index (χ3n) is 5.75. The Morgan fingerprint density at radius 3 is 2.58 bits per heavy atom. The number of nitrogens with one attached hydrogen (secondary N) is 2. The maximum Gasteiger partial charge on any atom is 0.241 e. The van der Waals surface area contributed by atoms with E-state index in [2.05, 4.69) is 30.6 Å². The predicted octanol–water partition coefficient (Wildman–Crippen LogP) is 3.10. The van der Waals surface area contributed by atoms with Gasteiger partial charge in [0.05, 0.1) is 6.20 Å². The molecular weight excluding hydrogens is 390 g/mol. The Morgan fingerprint density at radius 1 is 1.03 bits per heavy atom. The second-order valence-corrected chi connectivity index (χ2v) is 7.87. The number of carbonyl (C=O) groups excluding carboxylic acids is 1. The van der Waals surface area contributed by atoms with E-state index in [0.717, 1.165) is 36.9 Å². The van der Waals surface area contributed by atoms with Crippen LogP contribution < -0.4 is 16.4 Å². The summed E-state index contributed by atoms with van der Waals surface area (Å²) in [5, 5.41) is 6.12. The average Bonchev–Trinajstić information content (AvgIpc) is 2.84. The van der Waals surface area contributed by atoms with Gasteiger partial charge in [0.2, 0.25) is 11.9 Å². The molecule has 8 heteroatoms. The molecule has 0 unspecified atom stereocenters. The van der Waals surface area contributed by atoms with E-state index < -0.39 is 6.04 Å². The van der Waals surface area contributed by atoms with Crippen LogP contribution in [0.1, 0.15) is 48.9 Å². The van der Waals surface area contributed by atoms with Gasteiger partial charge >= 0.3 is 0 Å². The van der Waals surface area contributed by atoms with E-state index in [0.29, 0.717) is 30.1 Å². The van der Waals surface area contributed by atoms with Gasteiger partial charge in [-0.25, -0.2) is 15.0 Å². The lowest BCUT2D eigenvalue weighted by Gasteiger charge is -2.28. The predicted molar refractivity (Wildman–Crippen MR) is 118 cm³/mol. The third-order valence-corrected chi connectivity index (χ3v) is 5.75. The molecule has 1 saturated carbocycles. The first-order chi connectivity index (χ1) is 15.2. The van der Waals surface area contributed by atoms with Crippen molar-refractivity contribution in [2.24, 2.45) is 11.7 Å². The zero-order chi connectivity index (χ0) is 21.5. The zero-order valence-corrected chi connectivity index (χ0v) is 17.3. The second kappa shape index (κ2) is 10.1. The van der Waals surface area contributed by atoms with Crippen molar-refractivity contribution in [2.45, 2.75) is 37.6 Å². The SMILES string of the molecule is N[C@H](C(=O)NCC1CCC(c2ccnc(Nc3cnccn3)n2)CC1)c1ccccc1. The standard InChI is InChI=1S/C23H27N7O/c24-21(18-4-2-1-3-5-18)22(31)28-14-16-6-8-17(9-7-16)19-10-11-27-23(29-19)30-20-15-25-12-13-26-20/h1-5,10-13,15-17,21H,6-9,14,24H2,(H,28,31)(H,26,27,29,30)/t16?,17?,21-/m0/s1. The zero-order valence-electron chi connectivity index (χ0n) is 17.3. The van der Waals surface area contributed by atoms with Crippen molar-refractivity contribution in [1.82, 2.24) is 25.3 Å². The van der Waals surface area contributed by atoms with Gasteiger partial charge in [-0.05, 0) is 43.2 Å². The lowest BCUT2D eigenvalue weighted by Crippen LogP contribution is -2.37. The lowest BCUT2D eigenvalue weighted by molar-refractivity contribution is -0.122. The number of hydrogen-bond acceptors (Lipinski definition) is 7. The molecule has 4 rings (SSSR count). The number of aromatic nitrogens is 4. The van der Waals surface area contributed by atoms with Gasteiger partial charge in [-0.1, -0.05) is 30.3 Å². The van der Waals surface area contributed by atoms with Crippen molar-refractivity contribution in [3.8, 4) is 0 Å². The summed E-state index contributed by atoms with van der Waals surface area (Å²) in [6.07, 6.45) is 10.8. The number of benzene rings is 1. The Bertz CT molecular complexity index is 975. The van der Waals surface area contributed by atoms with Gasteiger partial charge in [-0.15, -0.1) is 0 Å². The molecule has 8 nitrogen and oxygen atoms in total. The largest absolute Gasteiger partial charge is 0.354 e. The Hall–Kier alpha value is -3.39. The fourth-order valence-corrected chi connectivity index (χ4v) is 3.97. The lowest BCUT2D eigenvalue weighted by atomic mass is 9.80. The van der Waals surface area contributed by atoms with Crippen molar-refractivity contribution in [3.05, 3.63) is 72.4 Å². The molecule has 0 radical (unpaired) electrons. The molecule has 4 N–H and O–H groups in total. The van der Waals surface area contributed by atoms with E-state index in [-0.39, 0.29) is 5.91 Å². The summed E-state index contributed by atoms with van der Waals surface area (Å²) in [5.41, 5.74) is 7.95. The van der Waals surface area contributed by atoms with Crippen molar-refractivity contribution >= 4 is 17.7 Å². The van der Waals surface area contributed by atoms with E-state index >= 15 is 0 Å². The molecule has 3 aromatic rings. The van der Waals surface area contributed by atoms with Crippen LogP contribution in [0.25, 0.3) is 0 Å². The molecule has 1 fully saturated rings. The minimum absolute atomic E-state index is 0.121. The highest BCUT2D eigenvalue weighted by Gasteiger charge is 2.25. The van der Waals surface area contributed by atoms with Gasteiger partial charge in [-0.3, -0.25) is 9.78 Å². The van der Waals surface area contributed by atoms with Crippen LogP contribution in [0, 0.1) is 5.92 Å². The van der Waals surface area contributed by atoms with E-state index in [1.54, 1.807) is 24.8 Å². The first-order valence-corrected chi connectivity index (χ1v) is 10.6. The Morgan fingerprint density at radius 2 is 1.84 bits per heavy atom. The molecule has 160 valence electrons. The van der Waals surface area contributed by atoms with Crippen LogP contribution in [0.5, 0.6) is 0 Å². The molecule has 0 spiro atoms. The fraction of sp³-hybridized carbons (Fsp3) is 0.348. The normalized spacial score (nSPS) is 19.4. The van der Waals surface area contributed by atoms with Gasteiger partial charge in [0.15, 0.2) is 5.82 Å². The summed E-state index contributed by atoms with van der Waals surface area (Å²) < 4.78 is 0. The third kappa shape index (κ3) is 5.61. The molecule has 31 heavy (non-hydrogen) atoms. The van der Waals surface area contributed by atoms with Crippen molar-refractivity contribution in [2.75, 3.05) is 11.9 Å². The molecule has 1 aliphatic rings. The van der Waals surface area contributed by atoms with Crippen LogP contribution in [0.15, 0.2) is 61.2 Å². The fourth-order valence-electron chi connectivity index (χ4n) is 3.97. The molecule has 1 aromatic carbocycles. The summed E-state index contributed by atoms with van der Waals surface area (Å²) in [7, 11) is 0. The number of nitrogens with two attached hydrogens (primary N) is 1. The highest BCUT2D eigenvalue weighted by atomic mass is 16.2. The number of carbonyl (C=O) groups is 1. The maximum absolute atomic E-state index is 12.4. The molecule has 1 atom stereocenters. The molecule has 0 saturated heterocycles. The summed E-state index contributed by atoms with van der Waals surface area (Å²) >= 11 is 0. The van der Waals surface area contributed by atoms with Crippen LogP contribution in [0.3, 0.4) is 0 Å². The second-order valence-electron chi connectivity index (χ2n) is 7.87. The Labute approximate surface area is 181 Å². The highest BCUT2D eigenvalue weighted by molar-refractivity contribution is 5.82. The van der Waals surface area contributed by atoms with Gasteiger partial charge in [0, 0.05) is 36.7 Å². The topological polar surface area (TPSA) is 119 Å². The van der Waals surface area contributed by atoms with Crippen LogP contribution in [-0.2, 0) is 4.79 Å². The van der Waals surface area contributed by atoms with Crippen molar-refractivity contribution < 1.29 is 4.79 Å². The van der Waals surface area contributed by atoms with Gasteiger partial charge in [0.25, 0.3) is 0 Å². The molecule has 1 amide bonds. The van der Waals surface area contributed by atoms with E-state index in [1.165, 1.54) is 0 Å². The van der Waals surface area contributed by atoms with E-state index in [4.69, 9.17) is 5.73 Å². The van der Waals surface area contributed by atoms with Crippen LogP contribution in [0.2, 0.25) is 0 Å². The monoisotopic (exact) mass is 417 g/mol. The highest BCUT2D eigenvalue weighted by Crippen LogP contribution is 2.35. The van der Waals surface area contributed by atoms with Crippen molar-refractivity contribution in [3.63, 3.8) is 0 Å². The van der Waals surface area contributed by atoms with Crippen LogP contribution >= 0.6 is 0 Å². The number of rotatable bonds is 7. The smallest absolute Gasteiger partial charge is 0.241 e. The summed E-state index contributed by atoms with van der Waals surface area (Å²) in [6, 6.07) is 10.8. The number of amides is 1. The van der Waals surface area contributed by atoms with Gasteiger partial charge < -0.3 is 16.4 Å². The molecule has 0 bridgehead atoms. The van der Waals surface area contributed by atoms with Crippen LogP contribution in [0.4, 0.5) is 11.8 Å². The van der Waals surface area contributed by atoms with E-state index in [1.807, 2.05) is 36.4 Å². The minimum Gasteiger partial charge on any atom is -0.354 e. The number of nitrogens with zero attached hydrogens (tertiary/aromatic N) is 4. The molecule has 2 aromatic heterocycles. The van der Waals surface area contributed by atoms with Gasteiger partial charge in [-0.2, -0.15) is 0 Å². The molecule has 2 heterocycles. The average molecular weight is 418 g/mol. The molecular formula is C23H27N7O. The summed E-state index contributed by atoms with van der Waals surface area (Å²) in [4.78, 5) is 29.6. The number of anilines is 2. The minimum atomic E-state index is -0.626. The van der Waals surface area contributed by atoms with Crippen LogP contribution in [-0.4, -0.2) is 32.4 Å². The Kier molecular flexibility index (Phi) is 6.78. The number of hydrogen-bond donors (Lipinski definition) is 3. The van der Waals surface area contributed by atoms with E-state index in [9.17, 15) is 4.79 Å². The first kappa shape index (κ1) is 20.9. The maximum atomic E-state index is 12.4.